The van der Waals surface area contributed by atoms with Crippen molar-refractivity contribution in [2.24, 2.45) is 0 Å². The van der Waals surface area contributed by atoms with Gasteiger partial charge in [-0.25, -0.2) is 9.37 Å². The summed E-state index contributed by atoms with van der Waals surface area (Å²) in [7, 11) is 0. The first-order chi connectivity index (χ1) is 7.20. The predicted molar refractivity (Wildman–Crippen MR) is 53.7 cm³/mol. The molecule has 0 unspecified atom stereocenters. The highest BCUT2D eigenvalue weighted by Gasteiger charge is 2.08. The van der Waals surface area contributed by atoms with E-state index in [4.69, 9.17) is 16.9 Å². The van der Waals surface area contributed by atoms with Gasteiger partial charge in [0, 0.05) is 5.56 Å². The lowest BCUT2D eigenvalue weighted by atomic mass is 10.2. The molecule has 0 amide bonds. The summed E-state index contributed by atoms with van der Waals surface area (Å²) in [5, 5.41) is 8.84. The Bertz CT molecular complexity index is 525. The Morgan fingerprint density at radius 1 is 1.33 bits per heavy atom. The number of imidazole rings is 1. The smallest absolute Gasteiger partial charge is 0.178 e. The Kier molecular flexibility index (Phi) is 2.40. The normalized spacial score (nSPS) is 9.93. The standard InChI is InChI=1S/C10H5ClFN3/c11-9-8(5-13)14-10(15-9)6-1-3-7(12)4-2-6/h1-4H,(H,14,15). The molecule has 1 N–H and O–H groups in total. The summed E-state index contributed by atoms with van der Waals surface area (Å²) in [6, 6.07) is 7.61. The quantitative estimate of drug-likeness (QED) is 0.805. The second-order valence-corrected chi connectivity index (χ2v) is 3.24. The van der Waals surface area contributed by atoms with Crippen molar-refractivity contribution < 1.29 is 4.39 Å². The van der Waals surface area contributed by atoms with Crippen LogP contribution in [0.1, 0.15) is 5.69 Å². The van der Waals surface area contributed by atoms with E-state index in [1.807, 2.05) is 6.07 Å². The zero-order chi connectivity index (χ0) is 10.8. The van der Waals surface area contributed by atoms with Crippen LogP contribution >= 0.6 is 11.6 Å². The Morgan fingerprint density at radius 3 is 2.53 bits per heavy atom. The number of aromatic amines is 1. The van der Waals surface area contributed by atoms with E-state index in [1.54, 1.807) is 12.1 Å². The molecule has 0 saturated heterocycles. The van der Waals surface area contributed by atoms with Crippen LogP contribution in [0.2, 0.25) is 5.15 Å². The fourth-order valence-corrected chi connectivity index (χ4v) is 1.34. The summed E-state index contributed by atoms with van der Waals surface area (Å²) in [5.74, 6) is 0.133. The minimum absolute atomic E-state index is 0.135. The molecule has 5 heteroatoms. The highest BCUT2D eigenvalue weighted by Crippen LogP contribution is 2.20. The van der Waals surface area contributed by atoms with Crippen molar-refractivity contribution in [1.82, 2.24) is 9.97 Å². The van der Waals surface area contributed by atoms with Crippen LogP contribution in [-0.2, 0) is 0 Å². The molecule has 0 aliphatic heterocycles. The number of aromatic nitrogens is 2. The number of nitrogens with zero attached hydrogens (tertiary/aromatic N) is 2. The molecule has 0 saturated carbocycles. The molecule has 2 rings (SSSR count). The zero-order valence-electron chi connectivity index (χ0n) is 7.46. The van der Waals surface area contributed by atoms with Crippen molar-refractivity contribution in [2.75, 3.05) is 0 Å². The summed E-state index contributed by atoms with van der Waals surface area (Å²) in [4.78, 5) is 6.70. The highest BCUT2D eigenvalue weighted by molar-refractivity contribution is 6.30. The molecule has 0 spiro atoms. The van der Waals surface area contributed by atoms with E-state index in [0.29, 0.717) is 11.4 Å². The van der Waals surface area contributed by atoms with E-state index in [1.165, 1.54) is 12.1 Å². The molecule has 74 valence electrons. The summed E-state index contributed by atoms with van der Waals surface area (Å²) in [5.41, 5.74) is 0.816. The lowest BCUT2D eigenvalue weighted by molar-refractivity contribution is 0.628. The van der Waals surface area contributed by atoms with Crippen LogP contribution < -0.4 is 0 Å². The van der Waals surface area contributed by atoms with E-state index >= 15 is 0 Å². The molecular formula is C10H5ClFN3. The van der Waals surface area contributed by atoms with Crippen LogP contribution in [0.5, 0.6) is 0 Å². The van der Waals surface area contributed by atoms with Crippen molar-refractivity contribution in [3.05, 3.63) is 40.9 Å². The molecule has 0 aliphatic carbocycles. The summed E-state index contributed by atoms with van der Waals surface area (Å²) < 4.78 is 12.6. The Labute approximate surface area is 90.1 Å². The van der Waals surface area contributed by atoms with Gasteiger partial charge >= 0.3 is 0 Å². The highest BCUT2D eigenvalue weighted by atomic mass is 35.5. The van der Waals surface area contributed by atoms with E-state index in [2.05, 4.69) is 9.97 Å². The number of nitriles is 1. The van der Waals surface area contributed by atoms with E-state index < -0.39 is 0 Å². The number of halogens is 2. The van der Waals surface area contributed by atoms with Crippen molar-refractivity contribution in [2.45, 2.75) is 0 Å². The molecule has 0 atom stereocenters. The number of benzene rings is 1. The zero-order valence-corrected chi connectivity index (χ0v) is 8.22. The Hall–Kier alpha value is -1.86. The van der Waals surface area contributed by atoms with Gasteiger partial charge in [-0.05, 0) is 24.3 Å². The van der Waals surface area contributed by atoms with Crippen LogP contribution in [0.25, 0.3) is 11.4 Å². The molecule has 0 fully saturated rings. The third-order valence-electron chi connectivity index (χ3n) is 1.88. The van der Waals surface area contributed by atoms with Crippen molar-refractivity contribution in [3.63, 3.8) is 0 Å². The van der Waals surface area contributed by atoms with Gasteiger partial charge in [-0.2, -0.15) is 5.26 Å². The molecule has 3 nitrogen and oxygen atoms in total. The Morgan fingerprint density at radius 2 is 2.00 bits per heavy atom. The molecule has 0 bridgehead atoms. The molecule has 15 heavy (non-hydrogen) atoms. The van der Waals surface area contributed by atoms with Gasteiger partial charge in [-0.1, -0.05) is 11.6 Å². The van der Waals surface area contributed by atoms with E-state index in [0.717, 1.165) is 0 Å². The molecule has 0 radical (unpaired) electrons. The summed E-state index contributed by atoms with van der Waals surface area (Å²) in [6.45, 7) is 0. The van der Waals surface area contributed by atoms with Crippen LogP contribution in [0.3, 0.4) is 0 Å². The van der Waals surface area contributed by atoms with Gasteiger partial charge in [0.05, 0.1) is 0 Å². The first kappa shape index (κ1) is 9.69. The van der Waals surface area contributed by atoms with Crippen LogP contribution in [0.15, 0.2) is 24.3 Å². The number of hydrogen-bond donors (Lipinski definition) is 1. The fraction of sp³-hybridized carbons (Fsp3) is 0. The van der Waals surface area contributed by atoms with Crippen molar-refractivity contribution >= 4 is 11.6 Å². The van der Waals surface area contributed by atoms with Gasteiger partial charge in [0.1, 0.15) is 22.9 Å². The summed E-state index contributed by atoms with van der Waals surface area (Å²) in [6.07, 6.45) is 0. The molecule has 0 aliphatic rings. The SMILES string of the molecule is N#Cc1nc(-c2ccc(F)cc2)[nH]c1Cl. The number of H-pyrrole nitrogens is 1. The lowest BCUT2D eigenvalue weighted by Gasteiger charge is -1.94. The summed E-state index contributed by atoms with van der Waals surface area (Å²) >= 11 is 5.71. The number of rotatable bonds is 1. The van der Waals surface area contributed by atoms with Gasteiger partial charge in [-0.3, -0.25) is 0 Å². The van der Waals surface area contributed by atoms with Crippen LogP contribution in [-0.4, -0.2) is 9.97 Å². The van der Waals surface area contributed by atoms with E-state index in [-0.39, 0.29) is 16.7 Å². The maximum atomic E-state index is 12.6. The van der Waals surface area contributed by atoms with E-state index in [9.17, 15) is 4.39 Å². The average molecular weight is 222 g/mol. The predicted octanol–water partition coefficient (Wildman–Crippen LogP) is 2.74. The third kappa shape index (κ3) is 1.83. The second kappa shape index (κ2) is 3.71. The first-order valence-electron chi connectivity index (χ1n) is 4.12. The average Bonchev–Trinajstić information content (AvgIpc) is 2.61. The first-order valence-corrected chi connectivity index (χ1v) is 4.50. The maximum absolute atomic E-state index is 12.6. The monoisotopic (exact) mass is 221 g/mol. The van der Waals surface area contributed by atoms with Crippen LogP contribution in [0, 0.1) is 17.1 Å². The number of nitrogens with one attached hydrogen (secondary N) is 1. The fourth-order valence-electron chi connectivity index (χ4n) is 1.17. The molecular weight excluding hydrogens is 217 g/mol. The van der Waals surface area contributed by atoms with Crippen LogP contribution in [0.4, 0.5) is 4.39 Å². The largest absolute Gasteiger partial charge is 0.328 e. The lowest BCUT2D eigenvalue weighted by Crippen LogP contribution is -1.81. The minimum atomic E-state index is -0.322. The van der Waals surface area contributed by atoms with Gasteiger partial charge < -0.3 is 4.98 Å². The molecule has 2 aromatic rings. The molecule has 1 aromatic carbocycles. The van der Waals surface area contributed by atoms with Crippen molar-refractivity contribution in [3.8, 4) is 17.5 Å². The number of hydrogen-bond acceptors (Lipinski definition) is 2. The second-order valence-electron chi connectivity index (χ2n) is 2.87. The molecule has 1 aromatic heterocycles. The van der Waals surface area contributed by atoms with Gasteiger partial charge in [0.25, 0.3) is 0 Å². The van der Waals surface area contributed by atoms with Crippen molar-refractivity contribution in [1.29, 1.82) is 5.26 Å². The van der Waals surface area contributed by atoms with Gasteiger partial charge in [-0.15, -0.1) is 0 Å². The van der Waals surface area contributed by atoms with Gasteiger partial charge in [0.2, 0.25) is 0 Å². The third-order valence-corrected chi connectivity index (χ3v) is 2.16. The van der Waals surface area contributed by atoms with Gasteiger partial charge in [0.15, 0.2) is 5.69 Å². The minimum Gasteiger partial charge on any atom is -0.328 e. The topological polar surface area (TPSA) is 52.5 Å². The molecule has 1 heterocycles. The Balaban J connectivity index is 2.46. The maximum Gasteiger partial charge on any atom is 0.178 e.